The van der Waals surface area contributed by atoms with E-state index in [-0.39, 0.29) is 25.2 Å². The second-order valence-electron chi connectivity index (χ2n) is 8.68. The van der Waals surface area contributed by atoms with Crippen LogP contribution in [-0.2, 0) is 28.8 Å². The lowest BCUT2D eigenvalue weighted by molar-refractivity contribution is -0.143. The van der Waals surface area contributed by atoms with Gasteiger partial charge in [0.15, 0.2) is 0 Å². The first-order valence-electron chi connectivity index (χ1n) is 11.6. The molecule has 6 unspecified atom stereocenters. The lowest BCUT2D eigenvalue weighted by Gasteiger charge is -2.28. The van der Waals surface area contributed by atoms with Crippen molar-refractivity contribution < 1.29 is 39.0 Å². The molecule has 9 N–H and O–H groups in total. The van der Waals surface area contributed by atoms with E-state index in [4.69, 9.17) is 16.6 Å². The Morgan fingerprint density at radius 2 is 1.26 bits per heavy atom. The van der Waals surface area contributed by atoms with Gasteiger partial charge in [-0.15, -0.1) is 0 Å². The fourth-order valence-electron chi connectivity index (χ4n) is 3.08. The van der Waals surface area contributed by atoms with Crippen molar-refractivity contribution in [3.05, 3.63) is 0 Å². The Bertz CT molecular complexity index is 775. The molecular formula is C22H39N5O8. The minimum atomic E-state index is -1.47. The lowest BCUT2D eigenvalue weighted by atomic mass is 9.96. The summed E-state index contributed by atoms with van der Waals surface area (Å²) < 4.78 is 0. The average Bonchev–Trinajstić information content (AvgIpc) is 2.79. The van der Waals surface area contributed by atoms with Gasteiger partial charge in [-0.25, -0.2) is 4.79 Å². The zero-order valence-electron chi connectivity index (χ0n) is 20.7. The number of carboxylic acid groups (broad SMARTS) is 2. The summed E-state index contributed by atoms with van der Waals surface area (Å²) in [5.74, 6) is -6.14. The lowest BCUT2D eigenvalue weighted by Crippen LogP contribution is -2.59. The van der Waals surface area contributed by atoms with Gasteiger partial charge < -0.3 is 37.6 Å². The Morgan fingerprint density at radius 1 is 0.743 bits per heavy atom. The molecule has 13 heteroatoms. The van der Waals surface area contributed by atoms with E-state index in [0.29, 0.717) is 12.8 Å². The Hall–Kier alpha value is -3.22. The second-order valence-corrected chi connectivity index (χ2v) is 8.68. The number of rotatable bonds is 17. The van der Waals surface area contributed by atoms with E-state index in [0.717, 1.165) is 0 Å². The van der Waals surface area contributed by atoms with Crippen LogP contribution in [0.1, 0.15) is 66.2 Å². The molecule has 0 aromatic rings. The Labute approximate surface area is 204 Å². The molecule has 35 heavy (non-hydrogen) atoms. The third kappa shape index (κ3) is 11.7. The predicted octanol–water partition coefficient (Wildman–Crippen LogP) is -0.925. The van der Waals surface area contributed by atoms with E-state index in [1.807, 2.05) is 6.92 Å². The van der Waals surface area contributed by atoms with Crippen LogP contribution in [0.25, 0.3) is 0 Å². The number of primary amides is 1. The number of hydrogen-bond acceptors (Lipinski definition) is 7. The van der Waals surface area contributed by atoms with E-state index in [2.05, 4.69) is 16.0 Å². The molecule has 0 aromatic carbocycles. The third-order valence-corrected chi connectivity index (χ3v) is 5.93. The first kappa shape index (κ1) is 31.8. The van der Waals surface area contributed by atoms with Crippen LogP contribution in [0.2, 0.25) is 0 Å². The Kier molecular flexibility index (Phi) is 14.2. The van der Waals surface area contributed by atoms with Crippen LogP contribution < -0.4 is 27.4 Å². The molecule has 6 atom stereocenters. The predicted molar refractivity (Wildman–Crippen MR) is 126 cm³/mol. The van der Waals surface area contributed by atoms with Crippen molar-refractivity contribution in [3.63, 3.8) is 0 Å². The summed E-state index contributed by atoms with van der Waals surface area (Å²) in [4.78, 5) is 71.9. The molecule has 0 rings (SSSR count). The molecule has 0 radical (unpaired) electrons. The van der Waals surface area contributed by atoms with E-state index in [1.165, 1.54) is 0 Å². The smallest absolute Gasteiger partial charge is 0.326 e. The van der Waals surface area contributed by atoms with Gasteiger partial charge in [-0.2, -0.15) is 0 Å². The van der Waals surface area contributed by atoms with E-state index >= 15 is 0 Å². The molecule has 0 aliphatic heterocycles. The number of carboxylic acids is 2. The topological polar surface area (TPSA) is 231 Å². The monoisotopic (exact) mass is 501 g/mol. The molecule has 0 heterocycles. The standard InChI is InChI=1S/C22H39N5O8/c1-5-11(3)17(24)20(32)25-13(7-9-15(23)28)19(31)27-18(12(4)6-2)21(33)26-14(22(34)35)8-10-16(29)30/h11-14,17-18H,5-10,24H2,1-4H3,(H2,23,28)(H,25,32)(H,26,33)(H,27,31)(H,29,30)(H,34,35). The highest BCUT2D eigenvalue weighted by molar-refractivity contribution is 5.94. The van der Waals surface area contributed by atoms with Crippen molar-refractivity contribution in [2.24, 2.45) is 23.3 Å². The van der Waals surface area contributed by atoms with E-state index < -0.39 is 72.1 Å². The maximum absolute atomic E-state index is 13.0. The first-order chi connectivity index (χ1) is 16.2. The van der Waals surface area contributed by atoms with Crippen LogP contribution in [0, 0.1) is 11.8 Å². The molecule has 0 fully saturated rings. The molecule has 0 spiro atoms. The van der Waals surface area contributed by atoms with Crippen LogP contribution in [0.3, 0.4) is 0 Å². The SMILES string of the molecule is CCC(C)C(N)C(=O)NC(CCC(N)=O)C(=O)NC(C(=O)NC(CCC(=O)O)C(=O)O)C(C)CC. The minimum absolute atomic E-state index is 0.134. The molecule has 200 valence electrons. The third-order valence-electron chi connectivity index (χ3n) is 5.93. The fraction of sp³-hybridized carbons (Fsp3) is 0.727. The molecule has 4 amide bonds. The van der Waals surface area contributed by atoms with Gasteiger partial charge in [0.2, 0.25) is 23.6 Å². The van der Waals surface area contributed by atoms with E-state index in [9.17, 15) is 33.9 Å². The fourth-order valence-corrected chi connectivity index (χ4v) is 3.08. The minimum Gasteiger partial charge on any atom is -0.481 e. The highest BCUT2D eigenvalue weighted by Crippen LogP contribution is 2.12. The molecule has 0 saturated heterocycles. The number of carbonyl (C=O) groups is 6. The number of nitrogens with two attached hydrogens (primary N) is 2. The summed E-state index contributed by atoms with van der Waals surface area (Å²) in [6, 6.07) is -4.77. The van der Waals surface area contributed by atoms with Gasteiger partial charge in [0.05, 0.1) is 6.04 Å². The normalized spacial score (nSPS) is 16.0. The Balaban J connectivity index is 5.66. The van der Waals surface area contributed by atoms with Crippen molar-refractivity contribution in [1.29, 1.82) is 0 Å². The number of hydrogen-bond donors (Lipinski definition) is 7. The Morgan fingerprint density at radius 3 is 1.71 bits per heavy atom. The van der Waals surface area contributed by atoms with Crippen LogP contribution in [0.4, 0.5) is 0 Å². The van der Waals surface area contributed by atoms with E-state index in [1.54, 1.807) is 20.8 Å². The zero-order valence-corrected chi connectivity index (χ0v) is 20.7. The van der Waals surface area contributed by atoms with Crippen LogP contribution >= 0.6 is 0 Å². The zero-order chi connectivity index (χ0) is 27.3. The van der Waals surface area contributed by atoms with Crippen molar-refractivity contribution in [2.75, 3.05) is 0 Å². The number of amides is 4. The average molecular weight is 502 g/mol. The van der Waals surface area contributed by atoms with Gasteiger partial charge in [0, 0.05) is 12.8 Å². The first-order valence-corrected chi connectivity index (χ1v) is 11.6. The van der Waals surface area contributed by atoms with Gasteiger partial charge in [0.25, 0.3) is 0 Å². The summed E-state index contributed by atoms with van der Waals surface area (Å²) in [7, 11) is 0. The van der Waals surface area contributed by atoms with Gasteiger partial charge in [-0.05, 0) is 24.7 Å². The molecule has 0 aromatic heterocycles. The van der Waals surface area contributed by atoms with Crippen LogP contribution in [0.15, 0.2) is 0 Å². The summed E-state index contributed by atoms with van der Waals surface area (Å²) in [5.41, 5.74) is 11.1. The molecule has 0 bridgehead atoms. The van der Waals surface area contributed by atoms with Gasteiger partial charge in [-0.1, -0.05) is 40.5 Å². The number of nitrogens with one attached hydrogen (secondary N) is 3. The maximum Gasteiger partial charge on any atom is 0.326 e. The quantitative estimate of drug-likeness (QED) is 0.130. The van der Waals surface area contributed by atoms with Gasteiger partial charge >= 0.3 is 11.9 Å². The summed E-state index contributed by atoms with van der Waals surface area (Å²) in [6.45, 7) is 7.04. The van der Waals surface area contributed by atoms with Crippen molar-refractivity contribution in [2.45, 2.75) is 90.4 Å². The van der Waals surface area contributed by atoms with Crippen molar-refractivity contribution in [3.8, 4) is 0 Å². The summed E-state index contributed by atoms with van der Waals surface area (Å²) in [6.07, 6.45) is -0.117. The molecule has 0 saturated carbocycles. The molecular weight excluding hydrogens is 462 g/mol. The largest absolute Gasteiger partial charge is 0.481 e. The highest BCUT2D eigenvalue weighted by Gasteiger charge is 2.33. The van der Waals surface area contributed by atoms with Crippen LogP contribution in [0.5, 0.6) is 0 Å². The molecule has 0 aliphatic carbocycles. The summed E-state index contributed by atoms with van der Waals surface area (Å²) >= 11 is 0. The number of carbonyl (C=O) groups excluding carboxylic acids is 4. The van der Waals surface area contributed by atoms with Gasteiger partial charge in [0.1, 0.15) is 18.1 Å². The van der Waals surface area contributed by atoms with Crippen LogP contribution in [-0.4, -0.2) is 69.9 Å². The van der Waals surface area contributed by atoms with Crippen molar-refractivity contribution in [1.82, 2.24) is 16.0 Å². The maximum atomic E-state index is 13.0. The van der Waals surface area contributed by atoms with Crippen molar-refractivity contribution >= 4 is 35.6 Å². The second kappa shape index (κ2) is 15.6. The highest BCUT2D eigenvalue weighted by atomic mass is 16.4. The number of aliphatic carboxylic acids is 2. The summed E-state index contributed by atoms with van der Waals surface area (Å²) in [5, 5.41) is 25.4. The molecule has 13 nitrogen and oxygen atoms in total. The molecule has 0 aliphatic rings. The van der Waals surface area contributed by atoms with Gasteiger partial charge in [-0.3, -0.25) is 24.0 Å².